The normalized spacial score (nSPS) is 10.8. The average molecular weight is 369 g/mol. The van der Waals surface area contributed by atoms with Crippen LogP contribution in [-0.4, -0.2) is 23.2 Å². The van der Waals surface area contributed by atoms with E-state index >= 15 is 0 Å². The van der Waals surface area contributed by atoms with Crippen LogP contribution in [0, 0.1) is 19.7 Å². The molecule has 0 N–H and O–H groups in total. The lowest BCUT2D eigenvalue weighted by Gasteiger charge is -2.10. The largest absolute Gasteiger partial charge is 0.497 e. The zero-order valence-electron chi connectivity index (χ0n) is 15.0. The summed E-state index contributed by atoms with van der Waals surface area (Å²) < 4.78 is 20.2. The van der Waals surface area contributed by atoms with Crippen molar-refractivity contribution in [1.82, 2.24) is 4.57 Å². The van der Waals surface area contributed by atoms with Gasteiger partial charge >= 0.3 is 0 Å². The van der Waals surface area contributed by atoms with Crippen LogP contribution in [0.5, 0.6) is 5.75 Å². The Balaban J connectivity index is 1.79. The number of hydrogen-bond donors (Lipinski definition) is 0. The molecule has 0 aliphatic rings. The van der Waals surface area contributed by atoms with Gasteiger partial charge < -0.3 is 9.30 Å². The van der Waals surface area contributed by atoms with Crippen molar-refractivity contribution in [1.29, 1.82) is 0 Å². The summed E-state index contributed by atoms with van der Waals surface area (Å²) in [6.07, 6.45) is 0. The van der Waals surface area contributed by atoms with E-state index in [0.29, 0.717) is 11.3 Å². The van der Waals surface area contributed by atoms with Crippen molar-refractivity contribution in [3.8, 4) is 11.4 Å². The molecule has 0 saturated carbocycles. The van der Waals surface area contributed by atoms with E-state index in [4.69, 9.17) is 4.74 Å². The van der Waals surface area contributed by atoms with Crippen LogP contribution in [0.4, 0.5) is 4.39 Å². The first-order valence-electron chi connectivity index (χ1n) is 8.24. The van der Waals surface area contributed by atoms with Gasteiger partial charge in [-0.05, 0) is 68.4 Å². The number of rotatable bonds is 6. The third-order valence-electron chi connectivity index (χ3n) is 4.25. The van der Waals surface area contributed by atoms with Gasteiger partial charge in [-0.2, -0.15) is 0 Å². The molecule has 0 aliphatic heterocycles. The van der Waals surface area contributed by atoms with E-state index in [1.54, 1.807) is 19.2 Å². The van der Waals surface area contributed by atoms with E-state index < -0.39 is 0 Å². The molecule has 0 atom stereocenters. The Morgan fingerprint density at radius 1 is 1.08 bits per heavy atom. The van der Waals surface area contributed by atoms with Crippen LogP contribution in [0.1, 0.15) is 21.7 Å². The minimum Gasteiger partial charge on any atom is -0.497 e. The zero-order chi connectivity index (χ0) is 18.7. The van der Waals surface area contributed by atoms with Crippen LogP contribution in [0.25, 0.3) is 5.69 Å². The molecule has 5 heteroatoms. The number of thioether (sulfide) groups is 1. The Labute approximate surface area is 156 Å². The molecule has 0 fully saturated rings. The van der Waals surface area contributed by atoms with Gasteiger partial charge in [-0.15, -0.1) is 11.8 Å². The summed E-state index contributed by atoms with van der Waals surface area (Å²) in [4.78, 5) is 13.6. The number of halogens is 1. The number of Topliss-reactive ketones (excluding diaryl/α,β-unsaturated/α-hetero) is 1. The Kier molecular flexibility index (Phi) is 5.47. The van der Waals surface area contributed by atoms with Crippen LogP contribution < -0.4 is 4.74 Å². The van der Waals surface area contributed by atoms with Gasteiger partial charge in [0.2, 0.25) is 0 Å². The third kappa shape index (κ3) is 3.83. The van der Waals surface area contributed by atoms with Gasteiger partial charge in [0.1, 0.15) is 11.6 Å². The van der Waals surface area contributed by atoms with E-state index in [-0.39, 0.29) is 11.6 Å². The summed E-state index contributed by atoms with van der Waals surface area (Å²) in [6, 6.07) is 15.9. The average Bonchev–Trinajstić information content (AvgIpc) is 2.95. The maximum Gasteiger partial charge on any atom is 0.174 e. The predicted molar refractivity (Wildman–Crippen MR) is 103 cm³/mol. The molecular formula is C21H20FNO2S. The molecule has 1 heterocycles. The standard InChI is InChI=1S/C21H20FNO2S/c1-14-12-20(21(24)13-26-19-10-4-16(22)5-11-19)15(2)23(14)17-6-8-18(25-3)9-7-17/h4-12H,13H2,1-3H3. The van der Waals surface area contributed by atoms with Crippen molar-refractivity contribution >= 4 is 17.5 Å². The first-order valence-corrected chi connectivity index (χ1v) is 9.23. The van der Waals surface area contributed by atoms with Gasteiger partial charge in [0, 0.05) is 27.5 Å². The van der Waals surface area contributed by atoms with Crippen LogP contribution in [0.15, 0.2) is 59.5 Å². The monoisotopic (exact) mass is 369 g/mol. The molecule has 1 aromatic heterocycles. The predicted octanol–water partition coefficient (Wildman–Crippen LogP) is 5.22. The molecule has 0 saturated heterocycles. The van der Waals surface area contributed by atoms with Crippen molar-refractivity contribution in [2.75, 3.05) is 12.9 Å². The second kappa shape index (κ2) is 7.79. The molecule has 0 radical (unpaired) electrons. The lowest BCUT2D eigenvalue weighted by Crippen LogP contribution is -2.05. The molecule has 3 rings (SSSR count). The van der Waals surface area contributed by atoms with Gasteiger partial charge in [0.05, 0.1) is 12.9 Å². The smallest absolute Gasteiger partial charge is 0.174 e. The van der Waals surface area contributed by atoms with E-state index in [1.807, 2.05) is 44.2 Å². The molecule has 2 aromatic carbocycles. The quantitative estimate of drug-likeness (QED) is 0.441. The fraction of sp³-hybridized carbons (Fsp3) is 0.190. The number of benzene rings is 2. The Hall–Kier alpha value is -2.53. The number of ketones is 1. The van der Waals surface area contributed by atoms with Crippen molar-refractivity contribution in [3.63, 3.8) is 0 Å². The maximum atomic E-state index is 13.0. The second-order valence-corrected chi connectivity index (χ2v) is 7.03. The summed E-state index contributed by atoms with van der Waals surface area (Å²) in [5, 5.41) is 0. The fourth-order valence-corrected chi connectivity index (χ4v) is 3.71. The van der Waals surface area contributed by atoms with Gasteiger partial charge in [-0.25, -0.2) is 4.39 Å². The number of aromatic nitrogens is 1. The SMILES string of the molecule is COc1ccc(-n2c(C)cc(C(=O)CSc3ccc(F)cc3)c2C)cc1. The van der Waals surface area contributed by atoms with Crippen molar-refractivity contribution in [3.05, 3.63) is 77.4 Å². The summed E-state index contributed by atoms with van der Waals surface area (Å²) in [6.45, 7) is 3.94. The second-order valence-electron chi connectivity index (χ2n) is 5.98. The zero-order valence-corrected chi connectivity index (χ0v) is 15.8. The molecule has 0 bridgehead atoms. The molecule has 0 unspecified atom stereocenters. The number of aryl methyl sites for hydroxylation is 1. The van der Waals surface area contributed by atoms with E-state index in [1.165, 1.54) is 23.9 Å². The van der Waals surface area contributed by atoms with Crippen molar-refractivity contribution < 1.29 is 13.9 Å². The topological polar surface area (TPSA) is 31.2 Å². The Morgan fingerprint density at radius 2 is 1.73 bits per heavy atom. The van der Waals surface area contributed by atoms with E-state index in [2.05, 4.69) is 4.57 Å². The number of nitrogens with zero attached hydrogens (tertiary/aromatic N) is 1. The maximum absolute atomic E-state index is 13.0. The number of carbonyl (C=O) groups excluding carboxylic acids is 1. The summed E-state index contributed by atoms with van der Waals surface area (Å²) >= 11 is 1.41. The van der Waals surface area contributed by atoms with E-state index in [0.717, 1.165) is 27.7 Å². The first kappa shape index (κ1) is 18.3. The Bertz CT molecular complexity index is 914. The number of methoxy groups -OCH3 is 1. The van der Waals surface area contributed by atoms with Gasteiger partial charge in [-0.3, -0.25) is 4.79 Å². The highest BCUT2D eigenvalue weighted by molar-refractivity contribution is 8.00. The molecule has 26 heavy (non-hydrogen) atoms. The third-order valence-corrected chi connectivity index (χ3v) is 5.26. The fourth-order valence-electron chi connectivity index (χ4n) is 2.93. The van der Waals surface area contributed by atoms with Crippen molar-refractivity contribution in [2.45, 2.75) is 18.7 Å². The molecule has 134 valence electrons. The lowest BCUT2D eigenvalue weighted by molar-refractivity contribution is 0.102. The van der Waals surface area contributed by atoms with Crippen molar-refractivity contribution in [2.24, 2.45) is 0 Å². The number of ether oxygens (including phenoxy) is 1. The van der Waals surface area contributed by atoms with E-state index in [9.17, 15) is 9.18 Å². The Morgan fingerprint density at radius 3 is 2.35 bits per heavy atom. The molecule has 0 spiro atoms. The number of hydrogen-bond acceptors (Lipinski definition) is 3. The highest BCUT2D eigenvalue weighted by Gasteiger charge is 2.17. The minimum absolute atomic E-state index is 0.0622. The molecule has 0 amide bonds. The number of carbonyl (C=O) groups is 1. The van der Waals surface area contributed by atoms with Crippen LogP contribution in [0.3, 0.4) is 0 Å². The lowest BCUT2D eigenvalue weighted by atomic mass is 10.2. The van der Waals surface area contributed by atoms with Crippen LogP contribution in [-0.2, 0) is 0 Å². The highest BCUT2D eigenvalue weighted by atomic mass is 32.2. The van der Waals surface area contributed by atoms with Gasteiger partial charge in [-0.1, -0.05) is 0 Å². The minimum atomic E-state index is -0.274. The first-order chi connectivity index (χ1) is 12.5. The summed E-state index contributed by atoms with van der Waals surface area (Å²) in [5.74, 6) is 0.901. The van der Waals surface area contributed by atoms with Gasteiger partial charge in [0.15, 0.2) is 5.78 Å². The van der Waals surface area contributed by atoms with Crippen LogP contribution >= 0.6 is 11.8 Å². The summed E-state index contributed by atoms with van der Waals surface area (Å²) in [5.41, 5.74) is 3.62. The molecule has 3 aromatic rings. The van der Waals surface area contributed by atoms with Crippen LogP contribution in [0.2, 0.25) is 0 Å². The summed E-state index contributed by atoms with van der Waals surface area (Å²) in [7, 11) is 1.64. The molecule has 3 nitrogen and oxygen atoms in total. The molecule has 0 aliphatic carbocycles. The molecular weight excluding hydrogens is 349 g/mol. The van der Waals surface area contributed by atoms with Gasteiger partial charge in [0.25, 0.3) is 0 Å². The highest BCUT2D eigenvalue weighted by Crippen LogP contribution is 2.25.